The maximum absolute atomic E-state index is 12.7. The molecule has 592 valence electrons. The number of halogens is 1. The molecule has 12 aromatic carbocycles. The van der Waals surface area contributed by atoms with E-state index in [1.54, 1.807) is 50.7 Å². The fourth-order valence-corrected chi connectivity index (χ4v) is 13.8. The van der Waals surface area contributed by atoms with Crippen molar-refractivity contribution in [3.8, 4) is 11.4 Å². The van der Waals surface area contributed by atoms with Crippen molar-refractivity contribution in [2.75, 3.05) is 42.3 Å². The molecule has 0 bridgehead atoms. The van der Waals surface area contributed by atoms with Gasteiger partial charge >= 0.3 is 0 Å². The number of H-pyrrole nitrogens is 1. The highest BCUT2D eigenvalue weighted by atomic mass is 35.6. The first-order valence-corrected chi connectivity index (χ1v) is 43.7. The van der Waals surface area contributed by atoms with Crippen LogP contribution in [0.2, 0.25) is 19.6 Å². The fraction of sp³-hybridized carbons (Fsp3) is 0.160. The Morgan fingerprint density at radius 3 is 1.68 bits per heavy atom. The molecule has 1 fully saturated rings. The number of para-hydroxylation sites is 4. The summed E-state index contributed by atoms with van der Waals surface area (Å²) < 4.78 is 9.69. The van der Waals surface area contributed by atoms with Crippen molar-refractivity contribution in [1.82, 2.24) is 18.6 Å². The zero-order chi connectivity index (χ0) is 83.3. The van der Waals surface area contributed by atoms with Gasteiger partial charge in [0.15, 0.2) is 12.6 Å². The average Bonchev–Trinajstić information content (AvgIpc) is 1.66. The number of benzene rings is 12. The van der Waals surface area contributed by atoms with Gasteiger partial charge in [-0.2, -0.15) is 11.1 Å². The normalized spacial score (nSPS) is 11.7. The number of amides is 3. The highest BCUT2D eigenvalue weighted by Crippen LogP contribution is 2.30. The van der Waals surface area contributed by atoms with Crippen LogP contribution in [0.25, 0.3) is 32.4 Å². The first-order chi connectivity index (χ1) is 55.8. The Morgan fingerprint density at radius 2 is 1.09 bits per heavy atom. The molecule has 2 aliphatic heterocycles. The predicted molar refractivity (Wildman–Crippen MR) is 477 cm³/mol. The summed E-state index contributed by atoms with van der Waals surface area (Å²) in [6, 6.07) is 91.1. The summed E-state index contributed by atoms with van der Waals surface area (Å²) in [7, 11) is -1.14. The molecule has 22 heteroatoms. The number of hydrogen-bond acceptors (Lipinski definition) is 13. The van der Waals surface area contributed by atoms with Crippen LogP contribution < -0.4 is 27.1 Å². The topological polar surface area (TPSA) is 242 Å². The van der Waals surface area contributed by atoms with Gasteiger partial charge in [0.1, 0.15) is 12.9 Å². The SMILES string of the molecule is C[Si](C)(C)Cl.Cc1ccc(C)c(-n2[nH]c3ccccc3c2=O)c1.Cc1ccc(C)c(N)c1.Cc1ccc(C)c(NC(=O)c2ccccc2[N+](=O)[O-])c1.O=C(c1ccccc1SCc1ccccc1)N1CCOCC1.O=C1c2ccccc2CN1c1ccccc1.O=Cc1ccccc1C=O.O=c1c2ccccc2sn1-c1ccccc1. The molecular weight excluding hydrogens is 1530 g/mol. The van der Waals surface area contributed by atoms with Crippen LogP contribution in [-0.4, -0.2) is 87.5 Å². The van der Waals surface area contributed by atoms with E-state index in [2.05, 4.69) is 48.3 Å². The van der Waals surface area contributed by atoms with Crippen LogP contribution in [-0.2, 0) is 17.0 Å². The molecule has 0 atom stereocenters. The minimum absolute atomic E-state index is 0.000648. The number of aryl methyl sites for hydroxylation is 6. The van der Waals surface area contributed by atoms with Crippen LogP contribution in [0.1, 0.15) is 96.3 Å². The number of nitrogens with zero attached hydrogens (tertiary/aromatic N) is 5. The van der Waals surface area contributed by atoms with E-state index in [0.29, 0.717) is 62.2 Å². The van der Waals surface area contributed by atoms with Gasteiger partial charge in [-0.1, -0.05) is 225 Å². The average molecular weight is 1620 g/mol. The molecule has 0 spiro atoms. The summed E-state index contributed by atoms with van der Waals surface area (Å²) in [5, 5.41) is 18.3. The molecule has 2 aliphatic rings. The second-order valence-corrected chi connectivity index (χ2v) is 37.5. The van der Waals surface area contributed by atoms with Gasteiger partial charge in [-0.15, -0.1) is 11.8 Å². The lowest BCUT2D eigenvalue weighted by molar-refractivity contribution is -0.385. The number of nitrogen functional groups attached to an aromatic ring is 1. The molecule has 0 radical (unpaired) electrons. The Kier molecular flexibility index (Phi) is 32.4. The number of ether oxygens (including phenoxy) is 1. The third-order valence-electron chi connectivity index (χ3n) is 17.9. The van der Waals surface area contributed by atoms with E-state index in [4.69, 9.17) is 21.5 Å². The molecule has 18 nitrogen and oxygen atoms in total. The molecule has 3 amide bonds. The van der Waals surface area contributed by atoms with Gasteiger partial charge < -0.3 is 25.6 Å². The summed E-state index contributed by atoms with van der Waals surface area (Å²) in [6.07, 6.45) is 1.34. The van der Waals surface area contributed by atoms with Crippen LogP contribution in [0, 0.1) is 51.7 Å². The number of rotatable bonds is 12. The zero-order valence-corrected chi connectivity index (χ0v) is 69.6. The molecule has 14 aromatic rings. The van der Waals surface area contributed by atoms with Crippen molar-refractivity contribution in [1.29, 1.82) is 0 Å². The number of morpholine rings is 1. The van der Waals surface area contributed by atoms with E-state index in [0.717, 1.165) is 98.9 Å². The van der Waals surface area contributed by atoms with E-state index in [9.17, 15) is 43.7 Å². The minimum atomic E-state index is -1.14. The lowest BCUT2D eigenvalue weighted by Crippen LogP contribution is -2.40. The van der Waals surface area contributed by atoms with E-state index >= 15 is 0 Å². The van der Waals surface area contributed by atoms with Gasteiger partial charge in [-0.05, 0) is 177 Å². The maximum atomic E-state index is 12.7. The molecule has 2 aromatic heterocycles. The van der Waals surface area contributed by atoms with Gasteiger partial charge in [0.25, 0.3) is 34.5 Å². The number of aromatic amines is 1. The number of nitro benzene ring substituents is 1. The Hall–Kier alpha value is -12.6. The number of aldehydes is 2. The van der Waals surface area contributed by atoms with E-state index in [1.807, 2.05) is 276 Å². The van der Waals surface area contributed by atoms with Crippen molar-refractivity contribution >= 4 is 116 Å². The molecule has 1 saturated heterocycles. The van der Waals surface area contributed by atoms with E-state index in [-0.39, 0.29) is 34.2 Å². The number of nitrogens with two attached hydrogens (primary N) is 1. The monoisotopic (exact) mass is 1620 g/mol. The first-order valence-electron chi connectivity index (χ1n) is 37.4. The van der Waals surface area contributed by atoms with Crippen LogP contribution in [0.4, 0.5) is 22.7 Å². The summed E-state index contributed by atoms with van der Waals surface area (Å²) in [5.74, 6) is 0.598. The molecule has 16 rings (SSSR count). The molecule has 116 heavy (non-hydrogen) atoms. The Balaban J connectivity index is 0.000000155. The summed E-state index contributed by atoms with van der Waals surface area (Å²) in [6.45, 7) is 21.4. The number of thioether (sulfide) groups is 1. The number of fused-ring (bicyclic) bond motifs is 3. The van der Waals surface area contributed by atoms with Crippen LogP contribution >= 0.6 is 34.4 Å². The molecule has 0 aliphatic carbocycles. The van der Waals surface area contributed by atoms with E-state index in [1.165, 1.54) is 40.9 Å². The first kappa shape index (κ1) is 87.3. The number of aromatic nitrogens is 3. The van der Waals surface area contributed by atoms with Gasteiger partial charge in [-0.25, -0.2) is 8.64 Å². The summed E-state index contributed by atoms with van der Waals surface area (Å²) >= 11 is 8.86. The van der Waals surface area contributed by atoms with Gasteiger partial charge in [-0.3, -0.25) is 48.8 Å². The van der Waals surface area contributed by atoms with Crippen molar-refractivity contribution in [3.05, 3.63) is 394 Å². The molecule has 0 unspecified atom stereocenters. The Labute approximate surface area is 689 Å². The minimum Gasteiger partial charge on any atom is -0.399 e. The predicted octanol–water partition coefficient (Wildman–Crippen LogP) is 21.0. The molecule has 4 N–H and O–H groups in total. The lowest BCUT2D eigenvalue weighted by Gasteiger charge is -2.27. The molecule has 0 saturated carbocycles. The van der Waals surface area contributed by atoms with Crippen LogP contribution in [0.5, 0.6) is 0 Å². The lowest BCUT2D eigenvalue weighted by atomic mass is 10.1. The summed E-state index contributed by atoms with van der Waals surface area (Å²) in [4.78, 5) is 97.0. The Morgan fingerprint density at radius 1 is 0.578 bits per heavy atom. The third-order valence-corrected chi connectivity index (χ3v) is 20.2. The van der Waals surface area contributed by atoms with Crippen molar-refractivity contribution in [2.45, 2.75) is 78.4 Å². The summed E-state index contributed by atoms with van der Waals surface area (Å²) in [5.41, 5.74) is 22.1. The highest BCUT2D eigenvalue weighted by Gasteiger charge is 2.28. The van der Waals surface area contributed by atoms with Crippen LogP contribution in [0.15, 0.2) is 306 Å². The van der Waals surface area contributed by atoms with E-state index < -0.39 is 18.2 Å². The van der Waals surface area contributed by atoms with Crippen molar-refractivity contribution in [2.24, 2.45) is 0 Å². The number of hydrogen-bond donors (Lipinski definition) is 3. The van der Waals surface area contributed by atoms with Gasteiger partial charge in [0.2, 0.25) is 0 Å². The smallest absolute Gasteiger partial charge is 0.282 e. The zero-order valence-electron chi connectivity index (χ0n) is 66.2. The number of carbonyl (C=O) groups is 5. The molecule has 4 heterocycles. The fourth-order valence-electron chi connectivity index (χ4n) is 11.8. The quantitative estimate of drug-likeness (QED) is 0.0197. The number of carbonyl (C=O) groups excluding carboxylic acids is 5. The second kappa shape index (κ2) is 43.0. The largest absolute Gasteiger partial charge is 0.399 e. The van der Waals surface area contributed by atoms with Gasteiger partial charge in [0.05, 0.1) is 62.6 Å². The molecular formula is C94H93ClN8O10S2Si. The highest BCUT2D eigenvalue weighted by molar-refractivity contribution is 7.98. The van der Waals surface area contributed by atoms with Crippen molar-refractivity contribution in [3.63, 3.8) is 0 Å². The standard InChI is InChI=1S/C18H19NO2S.C15H14N2O3.C15H14N2O.C14H11NO.C13H9NOS.C8H11N.C8H6O2.C3H9ClSi/c20-18(19-10-12-21-13-11-19)16-8-4-5-9-17(16)22-14-15-6-2-1-3-7-15;1-10-7-8-11(2)13(9-10)16-15(18)12-5-3-4-6-14(12)17(19)20;1-10-7-8-11(2)14(9-10)17-15(18)12-5-3-4-6-13(12)16-17;16-14-13-9-5-4-6-11(13)10-15(14)12-7-2-1-3-8-12;15-13-11-8-4-5-9-12(11)16-14(13)10-6-2-1-3-7-10;1-6-3-4-7(2)8(9)5-6;9-5-7-3-1-2-4-8(7)6-10;1-5(2,3)4/h1-9H,10-14H2;3-9H,1-2H3,(H,16,18);3-9,16H,1-2H3;1-9H,10H2;1-9H;3-5H,9H2,1-2H3;1-6H;1-3H3. The number of nitrogens with one attached hydrogen (secondary N) is 2. The van der Waals surface area contributed by atoms with Gasteiger partial charge in [0, 0.05) is 63.6 Å². The van der Waals surface area contributed by atoms with Crippen molar-refractivity contribution < 1.29 is 33.6 Å². The number of nitro groups is 1. The number of anilines is 3. The third kappa shape index (κ3) is 25.2. The second-order valence-electron chi connectivity index (χ2n) is 28.0. The maximum Gasteiger partial charge on any atom is 0.282 e. The van der Waals surface area contributed by atoms with Crippen LogP contribution in [0.3, 0.4) is 0 Å². The Bertz CT molecular complexity index is 5770.